The summed E-state index contributed by atoms with van der Waals surface area (Å²) >= 11 is 1.54. The Morgan fingerprint density at radius 2 is 1.71 bits per heavy atom. The fourth-order valence-corrected chi connectivity index (χ4v) is 3.83. The van der Waals surface area contributed by atoms with Crippen molar-refractivity contribution < 1.29 is 4.39 Å². The van der Waals surface area contributed by atoms with Crippen molar-refractivity contribution >= 4 is 11.8 Å². The van der Waals surface area contributed by atoms with E-state index < -0.39 is 0 Å². The summed E-state index contributed by atoms with van der Waals surface area (Å²) in [5.74, 6) is 1.14. The van der Waals surface area contributed by atoms with Crippen LogP contribution in [0.1, 0.15) is 18.1 Å². The van der Waals surface area contributed by atoms with Crippen LogP contribution in [0.4, 0.5) is 4.39 Å². The van der Waals surface area contributed by atoms with Crippen molar-refractivity contribution in [1.82, 2.24) is 19.7 Å². The summed E-state index contributed by atoms with van der Waals surface area (Å²) < 4.78 is 15.5. The molecule has 0 bridgehead atoms. The molecule has 0 saturated heterocycles. The van der Waals surface area contributed by atoms with Gasteiger partial charge in [-0.15, -0.1) is 10.2 Å². The van der Waals surface area contributed by atoms with Crippen molar-refractivity contribution in [3.8, 4) is 17.1 Å². The van der Waals surface area contributed by atoms with Gasteiger partial charge in [-0.05, 0) is 53.9 Å². The van der Waals surface area contributed by atoms with E-state index in [9.17, 15) is 4.39 Å². The van der Waals surface area contributed by atoms with Gasteiger partial charge in [-0.3, -0.25) is 9.55 Å². The first kappa shape index (κ1) is 18.4. The minimum absolute atomic E-state index is 0.229. The molecule has 4 nitrogen and oxygen atoms in total. The number of halogens is 1. The first-order chi connectivity index (χ1) is 13.7. The quantitative estimate of drug-likeness (QED) is 0.418. The van der Waals surface area contributed by atoms with E-state index in [4.69, 9.17) is 0 Å². The lowest BCUT2D eigenvalue weighted by Gasteiger charge is -2.11. The second kappa shape index (κ2) is 8.35. The maximum atomic E-state index is 13.5. The number of hydrogen-bond donors (Lipinski definition) is 0. The summed E-state index contributed by atoms with van der Waals surface area (Å²) in [4.78, 5) is 4.09. The Morgan fingerprint density at radius 1 is 0.929 bits per heavy atom. The molecule has 0 N–H and O–H groups in total. The predicted molar refractivity (Wildman–Crippen MR) is 110 cm³/mol. The molecule has 2 aromatic heterocycles. The fourth-order valence-electron chi connectivity index (χ4n) is 2.94. The highest BCUT2D eigenvalue weighted by molar-refractivity contribution is 7.98. The Labute approximate surface area is 167 Å². The first-order valence-electron chi connectivity index (χ1n) is 9.07. The molecular weight excluding hydrogens is 371 g/mol. The minimum Gasteiger partial charge on any atom is -0.270 e. The number of pyridine rings is 1. The lowest BCUT2D eigenvalue weighted by atomic mass is 10.1. The molecule has 6 heteroatoms. The Morgan fingerprint density at radius 3 is 2.43 bits per heavy atom. The third-order valence-corrected chi connectivity index (χ3v) is 5.43. The molecule has 4 rings (SSSR count). The molecule has 0 spiro atoms. The average molecular weight is 390 g/mol. The van der Waals surface area contributed by atoms with Gasteiger partial charge in [-0.1, -0.05) is 43.0 Å². The standard InChI is InChI=1S/C22H19FN4S/c1-2-16-6-8-20(9-7-16)27-21(18-10-12-24-13-11-18)25-26-22(27)28-15-17-4-3-5-19(23)14-17/h3-14H,2,15H2,1H3. The SMILES string of the molecule is CCc1ccc(-n2c(SCc3cccc(F)c3)nnc2-c2ccncc2)cc1. The van der Waals surface area contributed by atoms with Crippen LogP contribution in [0, 0.1) is 5.82 Å². The van der Waals surface area contributed by atoms with Crippen LogP contribution >= 0.6 is 11.8 Å². The molecule has 0 radical (unpaired) electrons. The molecule has 0 aliphatic heterocycles. The molecular formula is C22H19FN4S. The predicted octanol–water partition coefficient (Wildman–Crippen LogP) is 5.32. The number of aryl methyl sites for hydroxylation is 1. The van der Waals surface area contributed by atoms with E-state index in [1.54, 1.807) is 24.5 Å². The Hall–Kier alpha value is -2.99. The van der Waals surface area contributed by atoms with E-state index in [-0.39, 0.29) is 5.82 Å². The summed E-state index contributed by atoms with van der Waals surface area (Å²) in [5.41, 5.74) is 4.12. The summed E-state index contributed by atoms with van der Waals surface area (Å²) in [6.07, 6.45) is 4.48. The van der Waals surface area contributed by atoms with Crippen LogP contribution in [-0.4, -0.2) is 19.7 Å². The van der Waals surface area contributed by atoms with Crippen molar-refractivity contribution in [3.05, 3.63) is 90.0 Å². The van der Waals surface area contributed by atoms with E-state index in [0.717, 1.165) is 34.2 Å². The molecule has 0 saturated carbocycles. The fraction of sp³-hybridized carbons (Fsp3) is 0.136. The van der Waals surface area contributed by atoms with Crippen LogP contribution < -0.4 is 0 Å². The van der Waals surface area contributed by atoms with E-state index in [2.05, 4.69) is 46.4 Å². The average Bonchev–Trinajstić information content (AvgIpc) is 3.17. The van der Waals surface area contributed by atoms with Gasteiger partial charge in [-0.25, -0.2) is 4.39 Å². The highest BCUT2D eigenvalue weighted by Crippen LogP contribution is 2.29. The van der Waals surface area contributed by atoms with Gasteiger partial charge in [0.05, 0.1) is 0 Å². The Balaban J connectivity index is 1.72. The van der Waals surface area contributed by atoms with Crippen molar-refractivity contribution in [2.75, 3.05) is 0 Å². The summed E-state index contributed by atoms with van der Waals surface area (Å²) in [7, 11) is 0. The smallest absolute Gasteiger partial charge is 0.196 e. The van der Waals surface area contributed by atoms with Crippen LogP contribution in [0.2, 0.25) is 0 Å². The van der Waals surface area contributed by atoms with Crippen molar-refractivity contribution in [3.63, 3.8) is 0 Å². The maximum absolute atomic E-state index is 13.5. The third kappa shape index (κ3) is 3.97. The molecule has 0 fully saturated rings. The molecule has 4 aromatic rings. The molecule has 0 aliphatic carbocycles. The summed E-state index contributed by atoms with van der Waals surface area (Å²) in [6.45, 7) is 2.14. The zero-order chi connectivity index (χ0) is 19.3. The van der Waals surface area contributed by atoms with Crippen molar-refractivity contribution in [2.24, 2.45) is 0 Å². The Bertz CT molecular complexity index is 1060. The van der Waals surface area contributed by atoms with E-state index in [1.165, 1.54) is 23.4 Å². The normalized spacial score (nSPS) is 10.9. The molecule has 0 unspecified atom stereocenters. The second-order valence-corrected chi connectivity index (χ2v) is 7.26. The van der Waals surface area contributed by atoms with Crippen LogP contribution in [0.3, 0.4) is 0 Å². The number of hydrogen-bond acceptors (Lipinski definition) is 4. The lowest BCUT2D eigenvalue weighted by Crippen LogP contribution is -2.00. The summed E-state index contributed by atoms with van der Waals surface area (Å²) in [5, 5.41) is 9.60. The van der Waals surface area contributed by atoms with Crippen LogP contribution in [0.15, 0.2) is 78.2 Å². The largest absolute Gasteiger partial charge is 0.270 e. The van der Waals surface area contributed by atoms with Crippen molar-refractivity contribution in [2.45, 2.75) is 24.3 Å². The highest BCUT2D eigenvalue weighted by Gasteiger charge is 2.16. The lowest BCUT2D eigenvalue weighted by molar-refractivity contribution is 0.626. The topological polar surface area (TPSA) is 43.6 Å². The zero-order valence-electron chi connectivity index (χ0n) is 15.4. The van der Waals surface area contributed by atoms with E-state index >= 15 is 0 Å². The number of benzene rings is 2. The number of rotatable bonds is 6. The molecule has 2 heterocycles. The first-order valence-corrected chi connectivity index (χ1v) is 10.1. The number of nitrogens with zero attached hydrogens (tertiary/aromatic N) is 4. The molecule has 0 amide bonds. The monoisotopic (exact) mass is 390 g/mol. The zero-order valence-corrected chi connectivity index (χ0v) is 16.2. The van der Waals surface area contributed by atoms with Gasteiger partial charge in [0.1, 0.15) is 5.82 Å². The van der Waals surface area contributed by atoms with Gasteiger partial charge in [0, 0.05) is 29.4 Å². The number of aromatic nitrogens is 4. The second-order valence-electron chi connectivity index (χ2n) is 6.32. The van der Waals surface area contributed by atoms with E-state index in [0.29, 0.717) is 5.75 Å². The molecule has 140 valence electrons. The minimum atomic E-state index is -0.229. The van der Waals surface area contributed by atoms with Gasteiger partial charge in [0.15, 0.2) is 11.0 Å². The van der Waals surface area contributed by atoms with Crippen LogP contribution in [0.25, 0.3) is 17.1 Å². The van der Waals surface area contributed by atoms with Crippen LogP contribution in [0.5, 0.6) is 0 Å². The molecule has 28 heavy (non-hydrogen) atoms. The van der Waals surface area contributed by atoms with Gasteiger partial charge >= 0.3 is 0 Å². The van der Waals surface area contributed by atoms with Gasteiger partial charge in [-0.2, -0.15) is 0 Å². The van der Waals surface area contributed by atoms with Gasteiger partial charge < -0.3 is 0 Å². The highest BCUT2D eigenvalue weighted by atomic mass is 32.2. The van der Waals surface area contributed by atoms with Gasteiger partial charge in [0.25, 0.3) is 0 Å². The third-order valence-electron chi connectivity index (χ3n) is 4.43. The Kier molecular flexibility index (Phi) is 5.48. The molecule has 2 aromatic carbocycles. The van der Waals surface area contributed by atoms with Crippen LogP contribution in [-0.2, 0) is 12.2 Å². The molecule has 0 atom stereocenters. The van der Waals surface area contributed by atoms with E-state index in [1.807, 2.05) is 22.8 Å². The van der Waals surface area contributed by atoms with Crippen molar-refractivity contribution in [1.29, 1.82) is 0 Å². The summed E-state index contributed by atoms with van der Waals surface area (Å²) in [6, 6.07) is 18.9. The maximum Gasteiger partial charge on any atom is 0.196 e. The molecule has 0 aliphatic rings. The number of thioether (sulfide) groups is 1. The van der Waals surface area contributed by atoms with Gasteiger partial charge in [0.2, 0.25) is 0 Å².